The van der Waals surface area contributed by atoms with E-state index < -0.39 is 18.2 Å². The van der Waals surface area contributed by atoms with Crippen LogP contribution in [0.5, 0.6) is 0 Å². The number of carboxylic acid groups (broad SMARTS) is 1. The van der Waals surface area contributed by atoms with Crippen molar-refractivity contribution in [3.63, 3.8) is 0 Å². The Balaban J connectivity index is 1.52. The van der Waals surface area contributed by atoms with E-state index in [0.717, 1.165) is 24.8 Å². The number of hydrogen-bond donors (Lipinski definition) is 2. The predicted molar refractivity (Wildman–Crippen MR) is 145 cm³/mol. The molecule has 2 saturated heterocycles. The van der Waals surface area contributed by atoms with Crippen LogP contribution >= 0.6 is 0 Å². The molecule has 2 aliphatic heterocycles. The van der Waals surface area contributed by atoms with Crippen molar-refractivity contribution in [1.29, 1.82) is 0 Å². The van der Waals surface area contributed by atoms with Crippen LogP contribution in [0.1, 0.15) is 43.7 Å². The third-order valence-electron chi connectivity index (χ3n) is 7.31. The molecule has 0 saturated carbocycles. The van der Waals surface area contributed by atoms with Crippen LogP contribution in [-0.4, -0.2) is 87.1 Å². The highest BCUT2D eigenvalue weighted by Crippen LogP contribution is 2.28. The zero-order chi connectivity index (χ0) is 27.8. The lowest BCUT2D eigenvalue weighted by atomic mass is 10.0. The molecule has 0 unspecified atom stereocenters. The summed E-state index contributed by atoms with van der Waals surface area (Å²) in [5.74, 6) is -1.56. The number of rotatable bonds is 11. The minimum Gasteiger partial charge on any atom is -0.481 e. The summed E-state index contributed by atoms with van der Waals surface area (Å²) >= 11 is 0. The number of nitrogens with zero attached hydrogens (tertiary/aromatic N) is 4. The van der Waals surface area contributed by atoms with E-state index in [1.54, 1.807) is 14.9 Å². The van der Waals surface area contributed by atoms with Gasteiger partial charge in [0, 0.05) is 26.1 Å². The van der Waals surface area contributed by atoms with E-state index in [1.807, 2.05) is 55.5 Å². The zero-order valence-corrected chi connectivity index (χ0v) is 22.4. The summed E-state index contributed by atoms with van der Waals surface area (Å²) in [6.45, 7) is 3.21. The van der Waals surface area contributed by atoms with Crippen LogP contribution in [-0.2, 0) is 27.3 Å². The number of hydrazine groups is 1. The summed E-state index contributed by atoms with van der Waals surface area (Å²) in [5, 5.41) is 15.5. The quantitative estimate of drug-likeness (QED) is 0.428. The highest BCUT2D eigenvalue weighted by Gasteiger charge is 2.50. The number of nitrogens with one attached hydrogen (secondary N) is 1. The maximum atomic E-state index is 13.5. The molecule has 2 aromatic rings. The molecule has 2 N–H and O–H groups in total. The summed E-state index contributed by atoms with van der Waals surface area (Å²) in [6.07, 6.45) is 1.56. The van der Waals surface area contributed by atoms with Crippen molar-refractivity contribution in [1.82, 2.24) is 25.1 Å². The van der Waals surface area contributed by atoms with Gasteiger partial charge in [-0.05, 0) is 36.8 Å². The maximum Gasteiger partial charge on any atom is 0.334 e. The number of unbranched alkanes of at least 4 members (excludes halogenated alkanes) is 1. The van der Waals surface area contributed by atoms with E-state index in [1.165, 1.54) is 10.5 Å². The third-order valence-corrected chi connectivity index (χ3v) is 7.31. The topological polar surface area (TPSA) is 114 Å². The first-order chi connectivity index (χ1) is 18.9. The SMILES string of the molecule is CCN1CC(=O)N2[C@@H](CCC(=O)O)C(=O)N(CCCCc3ccccc3)C[C@@H]2N1C(=O)NCc1ccccc1. The lowest BCUT2D eigenvalue weighted by molar-refractivity contribution is -0.190. The Morgan fingerprint density at radius 3 is 2.28 bits per heavy atom. The van der Waals surface area contributed by atoms with Crippen LogP contribution < -0.4 is 5.32 Å². The van der Waals surface area contributed by atoms with Gasteiger partial charge < -0.3 is 20.2 Å². The fourth-order valence-electron chi connectivity index (χ4n) is 5.33. The minimum atomic E-state index is -1.03. The second-order valence-corrected chi connectivity index (χ2v) is 9.93. The Labute approximate surface area is 229 Å². The second-order valence-electron chi connectivity index (χ2n) is 9.93. The molecule has 2 aliphatic rings. The summed E-state index contributed by atoms with van der Waals surface area (Å²) in [6, 6.07) is 18.4. The molecule has 0 radical (unpaired) electrons. The first kappa shape index (κ1) is 28.1. The average molecular weight is 536 g/mol. The van der Waals surface area contributed by atoms with E-state index in [0.29, 0.717) is 19.6 Å². The number of likely N-dealkylation sites (N-methyl/N-ethyl adjacent to an activating group) is 1. The van der Waals surface area contributed by atoms with Crippen molar-refractivity contribution in [2.45, 2.75) is 57.8 Å². The summed E-state index contributed by atoms with van der Waals surface area (Å²) in [4.78, 5) is 54.9. The number of urea groups is 1. The third kappa shape index (κ3) is 6.94. The van der Waals surface area contributed by atoms with Crippen LogP contribution in [0.3, 0.4) is 0 Å². The summed E-state index contributed by atoms with van der Waals surface area (Å²) in [5.41, 5.74) is 2.17. The molecule has 208 valence electrons. The number of carbonyl (C=O) groups is 4. The van der Waals surface area contributed by atoms with E-state index in [9.17, 15) is 24.3 Å². The highest BCUT2D eigenvalue weighted by molar-refractivity contribution is 5.91. The van der Waals surface area contributed by atoms with Crippen molar-refractivity contribution in [3.8, 4) is 0 Å². The molecule has 2 atom stereocenters. The molecule has 0 bridgehead atoms. The number of aliphatic carboxylic acids is 1. The molecule has 39 heavy (non-hydrogen) atoms. The Morgan fingerprint density at radius 1 is 0.974 bits per heavy atom. The van der Waals surface area contributed by atoms with Crippen molar-refractivity contribution >= 4 is 23.8 Å². The van der Waals surface area contributed by atoms with E-state index in [4.69, 9.17) is 0 Å². The van der Waals surface area contributed by atoms with Gasteiger partial charge in [0.25, 0.3) is 0 Å². The Morgan fingerprint density at radius 2 is 1.64 bits per heavy atom. The number of benzene rings is 2. The van der Waals surface area contributed by atoms with Crippen LogP contribution in [0.25, 0.3) is 0 Å². The molecule has 0 aliphatic carbocycles. The van der Waals surface area contributed by atoms with Gasteiger partial charge in [-0.15, -0.1) is 0 Å². The van der Waals surface area contributed by atoms with Gasteiger partial charge in [-0.3, -0.25) is 14.4 Å². The fraction of sp³-hybridized carbons (Fsp3) is 0.448. The van der Waals surface area contributed by atoms with Gasteiger partial charge in [-0.25, -0.2) is 14.8 Å². The summed E-state index contributed by atoms with van der Waals surface area (Å²) in [7, 11) is 0. The standard InChI is InChI=1S/C29H37N5O5/c1-2-32-21-26(35)33-24(16-17-27(36)37)28(38)31(18-10-9-13-22-11-5-3-6-12-22)20-25(33)34(32)29(39)30-19-23-14-7-4-8-15-23/h3-8,11-12,14-15,24-25H,2,9-10,13,16-21H2,1H3,(H,30,39)(H,36,37)/t24-,25-/m0/s1. The molecular weight excluding hydrogens is 498 g/mol. The second kappa shape index (κ2) is 13.2. The number of hydrogen-bond acceptors (Lipinski definition) is 5. The van der Waals surface area contributed by atoms with Crippen molar-refractivity contribution in [3.05, 3.63) is 71.8 Å². The normalized spacial score (nSPS) is 19.7. The van der Waals surface area contributed by atoms with Crippen LogP contribution in [0, 0.1) is 0 Å². The molecule has 10 nitrogen and oxygen atoms in total. The highest BCUT2D eigenvalue weighted by atomic mass is 16.4. The molecule has 0 spiro atoms. The number of carbonyl (C=O) groups excluding carboxylic acids is 3. The Kier molecular flexibility index (Phi) is 9.54. The fourth-order valence-corrected chi connectivity index (χ4v) is 5.33. The molecule has 0 aromatic heterocycles. The van der Waals surface area contributed by atoms with Crippen LogP contribution in [0.2, 0.25) is 0 Å². The molecule has 2 heterocycles. The smallest absolute Gasteiger partial charge is 0.334 e. The largest absolute Gasteiger partial charge is 0.481 e. The van der Waals surface area contributed by atoms with Crippen LogP contribution in [0.4, 0.5) is 4.79 Å². The minimum absolute atomic E-state index is 0.00250. The first-order valence-electron chi connectivity index (χ1n) is 13.6. The van der Waals surface area contributed by atoms with Crippen LogP contribution in [0.15, 0.2) is 60.7 Å². The summed E-state index contributed by atoms with van der Waals surface area (Å²) < 4.78 is 0. The number of fused-ring (bicyclic) bond motifs is 1. The van der Waals surface area contributed by atoms with E-state index in [-0.39, 0.29) is 43.8 Å². The number of aryl methyl sites for hydroxylation is 1. The first-order valence-corrected chi connectivity index (χ1v) is 13.6. The van der Waals surface area contributed by atoms with Gasteiger partial charge in [-0.2, -0.15) is 0 Å². The van der Waals surface area contributed by atoms with Gasteiger partial charge in [0.2, 0.25) is 11.8 Å². The molecule has 2 fully saturated rings. The van der Waals surface area contributed by atoms with Crippen molar-refractivity contribution < 1.29 is 24.3 Å². The Hall–Kier alpha value is -3.92. The van der Waals surface area contributed by atoms with Crippen molar-refractivity contribution in [2.24, 2.45) is 0 Å². The lowest BCUT2D eigenvalue weighted by Gasteiger charge is -2.55. The van der Waals surface area contributed by atoms with Gasteiger partial charge in [0.15, 0.2) is 0 Å². The van der Waals surface area contributed by atoms with Gasteiger partial charge in [0.1, 0.15) is 12.2 Å². The molecule has 10 heteroatoms. The Bertz CT molecular complexity index is 1150. The van der Waals surface area contributed by atoms with Gasteiger partial charge in [0.05, 0.1) is 13.1 Å². The van der Waals surface area contributed by atoms with Crippen molar-refractivity contribution in [2.75, 3.05) is 26.2 Å². The van der Waals surface area contributed by atoms with Gasteiger partial charge >= 0.3 is 12.0 Å². The van der Waals surface area contributed by atoms with E-state index >= 15 is 0 Å². The van der Waals surface area contributed by atoms with Gasteiger partial charge in [-0.1, -0.05) is 67.6 Å². The zero-order valence-electron chi connectivity index (χ0n) is 22.4. The maximum absolute atomic E-state index is 13.5. The molecule has 4 amide bonds. The molecular formula is C29H37N5O5. The molecule has 4 rings (SSSR count). The van der Waals surface area contributed by atoms with E-state index in [2.05, 4.69) is 17.4 Å². The lowest BCUT2D eigenvalue weighted by Crippen LogP contribution is -2.76. The number of piperazine rings is 1. The molecule has 2 aromatic carbocycles. The number of carboxylic acids is 1. The number of amides is 4. The predicted octanol–water partition coefficient (Wildman–Crippen LogP) is 2.70. The monoisotopic (exact) mass is 535 g/mol. The average Bonchev–Trinajstić information content (AvgIpc) is 2.94.